The van der Waals surface area contributed by atoms with E-state index in [4.69, 9.17) is 9.84 Å². The van der Waals surface area contributed by atoms with E-state index in [2.05, 4.69) is 0 Å². The van der Waals surface area contributed by atoms with E-state index in [9.17, 15) is 14.4 Å². The van der Waals surface area contributed by atoms with Crippen LogP contribution in [0.15, 0.2) is 17.0 Å². The van der Waals surface area contributed by atoms with Crippen molar-refractivity contribution in [1.29, 1.82) is 0 Å². The molecule has 1 aromatic rings. The Bertz CT molecular complexity index is 770. The zero-order valence-electron chi connectivity index (χ0n) is 13.4. The van der Waals surface area contributed by atoms with Crippen LogP contribution in [-0.4, -0.2) is 39.8 Å². The number of carboxylic acids is 1. The highest BCUT2D eigenvalue weighted by atomic mass is 32.2. The highest BCUT2D eigenvalue weighted by Gasteiger charge is 2.35. The topological polar surface area (TPSA) is 83.9 Å². The monoisotopic (exact) mass is 347 g/mol. The molecule has 1 N–H and O–H groups in total. The van der Waals surface area contributed by atoms with Crippen LogP contribution in [0.25, 0.3) is 6.08 Å². The lowest BCUT2D eigenvalue weighted by Gasteiger charge is -2.10. The van der Waals surface area contributed by atoms with Gasteiger partial charge in [-0.1, -0.05) is 0 Å². The molecule has 0 radical (unpaired) electrons. The van der Waals surface area contributed by atoms with Gasteiger partial charge in [0.25, 0.3) is 11.1 Å². The molecule has 126 valence electrons. The van der Waals surface area contributed by atoms with Crippen molar-refractivity contribution in [3.8, 4) is 5.75 Å². The van der Waals surface area contributed by atoms with E-state index in [1.165, 1.54) is 0 Å². The Morgan fingerprint density at radius 1 is 1.46 bits per heavy atom. The summed E-state index contributed by atoms with van der Waals surface area (Å²) < 4.78 is 5.76. The summed E-state index contributed by atoms with van der Waals surface area (Å²) in [4.78, 5) is 36.1. The number of thioether (sulfide) groups is 1. The molecule has 24 heavy (non-hydrogen) atoms. The summed E-state index contributed by atoms with van der Waals surface area (Å²) in [5.74, 6) is -0.579. The van der Waals surface area contributed by atoms with Crippen LogP contribution in [0.2, 0.25) is 0 Å². The van der Waals surface area contributed by atoms with Gasteiger partial charge in [0.1, 0.15) is 11.9 Å². The number of carboxylic acid groups (broad SMARTS) is 1. The highest BCUT2D eigenvalue weighted by Crippen LogP contribution is 2.36. The number of carbonyl (C=O) groups excluding carboxylic acids is 2. The van der Waals surface area contributed by atoms with Gasteiger partial charge < -0.3 is 9.84 Å². The van der Waals surface area contributed by atoms with E-state index >= 15 is 0 Å². The molecular formula is C17H17NO5S. The zero-order chi connectivity index (χ0) is 17.4. The predicted molar refractivity (Wildman–Crippen MR) is 89.9 cm³/mol. The van der Waals surface area contributed by atoms with Crippen LogP contribution < -0.4 is 4.74 Å². The summed E-state index contributed by atoms with van der Waals surface area (Å²) >= 11 is 0.842. The van der Waals surface area contributed by atoms with Crippen LogP contribution in [0, 0.1) is 6.92 Å². The summed E-state index contributed by atoms with van der Waals surface area (Å²) in [5, 5.41) is 8.28. The summed E-state index contributed by atoms with van der Waals surface area (Å²) in [6.07, 6.45) is 2.38. The smallest absolute Gasteiger partial charge is 0.305 e. The Kier molecular flexibility index (Phi) is 4.36. The molecule has 1 atom stereocenters. The van der Waals surface area contributed by atoms with Gasteiger partial charge in [0.2, 0.25) is 0 Å². The summed E-state index contributed by atoms with van der Waals surface area (Å²) in [7, 11) is 0. The van der Waals surface area contributed by atoms with Crippen LogP contribution in [-0.2, 0) is 16.0 Å². The molecule has 1 unspecified atom stereocenters. The minimum Gasteiger partial charge on any atom is -0.490 e. The highest BCUT2D eigenvalue weighted by molar-refractivity contribution is 8.18. The maximum absolute atomic E-state index is 12.3. The van der Waals surface area contributed by atoms with Gasteiger partial charge in [-0.2, -0.15) is 0 Å². The van der Waals surface area contributed by atoms with Gasteiger partial charge in [0.05, 0.1) is 11.3 Å². The molecule has 0 saturated carbocycles. The first-order chi connectivity index (χ1) is 11.3. The number of hydrogen-bond acceptors (Lipinski definition) is 5. The van der Waals surface area contributed by atoms with Crippen molar-refractivity contribution >= 4 is 35.0 Å². The molecular weight excluding hydrogens is 330 g/mol. The second-order valence-corrected chi connectivity index (χ2v) is 6.93. The summed E-state index contributed by atoms with van der Waals surface area (Å²) in [6.45, 7) is 3.85. The number of nitrogens with zero attached hydrogens (tertiary/aromatic N) is 1. The van der Waals surface area contributed by atoms with Gasteiger partial charge in [-0.3, -0.25) is 19.3 Å². The molecule has 0 spiro atoms. The SMILES string of the molecule is Cc1cc(/C=C2\SC(=O)N(CCC(=O)O)C2=O)cc2c1OC(C)C2. The lowest BCUT2D eigenvalue weighted by Crippen LogP contribution is -2.30. The number of ether oxygens (including phenoxy) is 1. The maximum atomic E-state index is 12.3. The normalized spacial score (nSPS) is 21.3. The molecule has 1 fully saturated rings. The van der Waals surface area contributed by atoms with Gasteiger partial charge in [0.15, 0.2) is 0 Å². The molecule has 7 heteroatoms. The third-order valence-corrected chi connectivity index (χ3v) is 4.83. The molecule has 3 rings (SSSR count). The molecule has 2 aliphatic rings. The number of aryl methyl sites for hydroxylation is 1. The zero-order valence-corrected chi connectivity index (χ0v) is 14.2. The van der Waals surface area contributed by atoms with E-state index in [1.54, 1.807) is 6.08 Å². The maximum Gasteiger partial charge on any atom is 0.305 e. The van der Waals surface area contributed by atoms with Gasteiger partial charge in [-0.15, -0.1) is 0 Å². The van der Waals surface area contributed by atoms with Crippen molar-refractivity contribution in [2.45, 2.75) is 32.8 Å². The minimum atomic E-state index is -1.04. The second kappa shape index (κ2) is 6.32. The van der Waals surface area contributed by atoms with Crippen molar-refractivity contribution in [3.63, 3.8) is 0 Å². The number of rotatable bonds is 4. The molecule has 2 heterocycles. The standard InChI is InChI=1S/C17H17NO5S/c1-9-5-11(7-12-6-10(2)23-15(9)12)8-13-16(21)18(17(22)24-13)4-3-14(19)20/h5,7-8,10H,3-4,6H2,1-2H3,(H,19,20)/b13-8-. The molecule has 0 aliphatic carbocycles. The van der Waals surface area contributed by atoms with Crippen molar-refractivity contribution in [3.05, 3.63) is 33.7 Å². The Morgan fingerprint density at radius 2 is 2.21 bits per heavy atom. The Hall–Kier alpha value is -2.28. The number of amides is 2. The fourth-order valence-electron chi connectivity index (χ4n) is 2.88. The molecule has 6 nitrogen and oxygen atoms in total. The molecule has 1 aromatic carbocycles. The number of carbonyl (C=O) groups is 3. The largest absolute Gasteiger partial charge is 0.490 e. The Labute approximate surface area is 143 Å². The number of benzene rings is 1. The van der Waals surface area contributed by atoms with Gasteiger partial charge in [-0.05, 0) is 60.5 Å². The second-order valence-electron chi connectivity index (χ2n) is 5.94. The first-order valence-corrected chi connectivity index (χ1v) is 8.44. The lowest BCUT2D eigenvalue weighted by atomic mass is 10.0. The van der Waals surface area contributed by atoms with Gasteiger partial charge in [0, 0.05) is 13.0 Å². The first kappa shape index (κ1) is 16.6. The Morgan fingerprint density at radius 3 is 2.92 bits per heavy atom. The number of aliphatic carboxylic acids is 1. The molecule has 0 bridgehead atoms. The fourth-order valence-corrected chi connectivity index (χ4v) is 3.75. The van der Waals surface area contributed by atoms with Crippen LogP contribution in [0.1, 0.15) is 30.0 Å². The molecule has 2 aliphatic heterocycles. The number of imide groups is 1. The summed E-state index contributed by atoms with van der Waals surface area (Å²) in [5.41, 5.74) is 2.93. The van der Waals surface area contributed by atoms with Crippen molar-refractivity contribution in [2.75, 3.05) is 6.54 Å². The lowest BCUT2D eigenvalue weighted by molar-refractivity contribution is -0.137. The van der Waals surface area contributed by atoms with E-state index in [1.807, 2.05) is 26.0 Å². The van der Waals surface area contributed by atoms with E-state index in [0.29, 0.717) is 4.91 Å². The molecule has 2 amide bonds. The van der Waals surface area contributed by atoms with E-state index in [-0.39, 0.29) is 19.1 Å². The van der Waals surface area contributed by atoms with Crippen molar-refractivity contribution in [2.24, 2.45) is 0 Å². The van der Waals surface area contributed by atoms with Crippen molar-refractivity contribution in [1.82, 2.24) is 4.90 Å². The number of hydrogen-bond donors (Lipinski definition) is 1. The number of fused-ring (bicyclic) bond motifs is 1. The Balaban J connectivity index is 1.84. The molecule has 0 aromatic heterocycles. The minimum absolute atomic E-state index is 0.105. The quantitative estimate of drug-likeness (QED) is 0.843. The third-order valence-electron chi connectivity index (χ3n) is 3.92. The third kappa shape index (κ3) is 3.17. The fraction of sp³-hybridized carbons (Fsp3) is 0.353. The average molecular weight is 347 g/mol. The predicted octanol–water partition coefficient (Wildman–Crippen LogP) is 2.83. The average Bonchev–Trinajstić information content (AvgIpc) is 2.98. The van der Waals surface area contributed by atoms with Crippen LogP contribution in [0.5, 0.6) is 5.75 Å². The van der Waals surface area contributed by atoms with E-state index < -0.39 is 17.1 Å². The van der Waals surface area contributed by atoms with Crippen molar-refractivity contribution < 1.29 is 24.2 Å². The van der Waals surface area contributed by atoms with Crippen LogP contribution in [0.3, 0.4) is 0 Å². The summed E-state index contributed by atoms with van der Waals surface area (Å²) in [6, 6.07) is 3.89. The van der Waals surface area contributed by atoms with Crippen LogP contribution >= 0.6 is 11.8 Å². The van der Waals surface area contributed by atoms with E-state index in [0.717, 1.165) is 45.5 Å². The van der Waals surface area contributed by atoms with Gasteiger partial charge in [-0.25, -0.2) is 0 Å². The molecule has 1 saturated heterocycles. The first-order valence-electron chi connectivity index (χ1n) is 7.62. The van der Waals surface area contributed by atoms with Crippen LogP contribution in [0.4, 0.5) is 4.79 Å². The van der Waals surface area contributed by atoms with Gasteiger partial charge >= 0.3 is 5.97 Å².